The molecule has 0 N–H and O–H groups in total. The predicted molar refractivity (Wildman–Crippen MR) is 96.3 cm³/mol. The summed E-state index contributed by atoms with van der Waals surface area (Å²) in [7, 11) is 2.96. The van der Waals surface area contributed by atoms with Crippen molar-refractivity contribution in [2.24, 2.45) is 0 Å². The van der Waals surface area contributed by atoms with E-state index in [2.05, 4.69) is 45.2 Å². The number of ether oxygens (including phenoxy) is 3. The molecule has 0 aliphatic carbocycles. The number of hydrogen-bond acceptors (Lipinski definition) is 4. The number of hydrogen-bond donors (Lipinski definition) is 0. The Morgan fingerprint density at radius 3 is 2.19 bits per heavy atom. The van der Waals surface area contributed by atoms with Crippen LogP contribution in [0.15, 0.2) is 36.4 Å². The number of rotatable bonds is 4. The molecular formula is C15H12I2O4. The van der Waals surface area contributed by atoms with Gasteiger partial charge in [-0.2, -0.15) is 0 Å². The van der Waals surface area contributed by atoms with Crippen LogP contribution in [-0.2, 0) is 4.74 Å². The van der Waals surface area contributed by atoms with Gasteiger partial charge in [0.1, 0.15) is 17.1 Å². The fraction of sp³-hybridized carbons (Fsp3) is 0.133. The molecule has 0 bridgehead atoms. The maximum Gasteiger partial charge on any atom is 0.341 e. The molecule has 110 valence electrons. The number of methoxy groups -OCH3 is 2. The van der Waals surface area contributed by atoms with E-state index < -0.39 is 5.97 Å². The second-order valence-corrected chi connectivity index (χ2v) is 6.44. The Labute approximate surface area is 150 Å². The van der Waals surface area contributed by atoms with Crippen LogP contribution in [0.1, 0.15) is 10.4 Å². The third-order valence-electron chi connectivity index (χ3n) is 2.69. The lowest BCUT2D eigenvalue weighted by Gasteiger charge is -2.13. The normalized spacial score (nSPS) is 10.1. The molecule has 0 aliphatic rings. The van der Waals surface area contributed by atoms with Crippen LogP contribution in [0.25, 0.3) is 0 Å². The topological polar surface area (TPSA) is 44.8 Å². The highest BCUT2D eigenvalue weighted by Gasteiger charge is 2.18. The van der Waals surface area contributed by atoms with Crippen molar-refractivity contribution in [3.05, 3.63) is 49.1 Å². The minimum atomic E-state index is -0.421. The van der Waals surface area contributed by atoms with E-state index in [1.807, 2.05) is 6.07 Å². The van der Waals surface area contributed by atoms with Crippen molar-refractivity contribution in [2.75, 3.05) is 14.2 Å². The van der Waals surface area contributed by atoms with Crippen LogP contribution in [0.5, 0.6) is 17.2 Å². The average molecular weight is 510 g/mol. The van der Waals surface area contributed by atoms with Crippen molar-refractivity contribution >= 4 is 51.2 Å². The summed E-state index contributed by atoms with van der Waals surface area (Å²) in [6.45, 7) is 0. The summed E-state index contributed by atoms with van der Waals surface area (Å²) in [4.78, 5) is 11.9. The van der Waals surface area contributed by atoms with Crippen LogP contribution in [0.3, 0.4) is 0 Å². The SMILES string of the molecule is COC(=O)c1cc(I)cc(I)c1Oc1ccc(OC)cc1. The summed E-state index contributed by atoms with van der Waals surface area (Å²) < 4.78 is 17.6. The standard InChI is InChI=1S/C15H12I2O4/c1-19-10-3-5-11(6-4-10)21-14-12(15(18)20-2)7-9(16)8-13(14)17/h3-8H,1-2H3. The van der Waals surface area contributed by atoms with E-state index in [4.69, 9.17) is 14.2 Å². The van der Waals surface area contributed by atoms with E-state index in [1.165, 1.54) is 7.11 Å². The van der Waals surface area contributed by atoms with Crippen molar-refractivity contribution in [3.63, 3.8) is 0 Å². The van der Waals surface area contributed by atoms with Gasteiger partial charge in [-0.25, -0.2) is 4.79 Å². The molecule has 0 unspecified atom stereocenters. The van der Waals surface area contributed by atoms with Gasteiger partial charge >= 0.3 is 5.97 Å². The fourth-order valence-electron chi connectivity index (χ4n) is 1.69. The van der Waals surface area contributed by atoms with Gasteiger partial charge in [0.2, 0.25) is 0 Å². The summed E-state index contributed by atoms with van der Waals surface area (Å²) in [5.41, 5.74) is 0.407. The van der Waals surface area contributed by atoms with Crippen molar-refractivity contribution in [1.29, 1.82) is 0 Å². The maximum atomic E-state index is 11.9. The Hall–Kier alpha value is -1.03. The molecule has 0 aliphatic heterocycles. The molecule has 2 aromatic carbocycles. The van der Waals surface area contributed by atoms with Crippen LogP contribution in [0.4, 0.5) is 0 Å². The lowest BCUT2D eigenvalue weighted by molar-refractivity contribution is 0.0597. The van der Waals surface area contributed by atoms with Crippen LogP contribution < -0.4 is 9.47 Å². The van der Waals surface area contributed by atoms with E-state index in [0.29, 0.717) is 17.1 Å². The maximum absolute atomic E-state index is 11.9. The van der Waals surface area contributed by atoms with E-state index in [9.17, 15) is 4.79 Å². The van der Waals surface area contributed by atoms with Crippen LogP contribution in [0, 0.1) is 7.14 Å². The molecule has 0 saturated carbocycles. The molecule has 2 rings (SSSR count). The minimum absolute atomic E-state index is 0.407. The monoisotopic (exact) mass is 510 g/mol. The molecule has 0 spiro atoms. The van der Waals surface area contributed by atoms with E-state index in [1.54, 1.807) is 37.4 Å². The molecule has 4 nitrogen and oxygen atoms in total. The highest BCUT2D eigenvalue weighted by atomic mass is 127. The predicted octanol–water partition coefficient (Wildman–Crippen LogP) is 4.48. The van der Waals surface area contributed by atoms with Crippen molar-refractivity contribution in [1.82, 2.24) is 0 Å². The van der Waals surface area contributed by atoms with Gasteiger partial charge in [0.05, 0.1) is 17.8 Å². The van der Waals surface area contributed by atoms with Gasteiger partial charge in [-0.05, 0) is 81.6 Å². The second-order valence-electron chi connectivity index (χ2n) is 4.03. The van der Waals surface area contributed by atoms with Crippen molar-refractivity contribution in [3.8, 4) is 17.2 Å². The number of carbonyl (C=O) groups excluding carboxylic acids is 1. The molecule has 0 atom stereocenters. The molecular weight excluding hydrogens is 498 g/mol. The number of benzene rings is 2. The number of esters is 1. The van der Waals surface area contributed by atoms with Gasteiger partial charge in [0.15, 0.2) is 5.75 Å². The number of carbonyl (C=O) groups is 1. The summed E-state index contributed by atoms with van der Waals surface area (Å²) in [6.07, 6.45) is 0. The first-order chi connectivity index (χ1) is 10.0. The zero-order valence-corrected chi connectivity index (χ0v) is 15.7. The van der Waals surface area contributed by atoms with Crippen molar-refractivity contribution < 1.29 is 19.0 Å². The average Bonchev–Trinajstić information content (AvgIpc) is 2.49. The first-order valence-electron chi connectivity index (χ1n) is 5.94. The molecule has 0 heterocycles. The van der Waals surface area contributed by atoms with Gasteiger partial charge in [0, 0.05) is 3.57 Å². The van der Waals surface area contributed by atoms with Gasteiger partial charge in [-0.3, -0.25) is 0 Å². The lowest BCUT2D eigenvalue weighted by atomic mass is 10.2. The summed E-state index contributed by atoms with van der Waals surface area (Å²) in [6, 6.07) is 10.8. The van der Waals surface area contributed by atoms with Gasteiger partial charge in [0.25, 0.3) is 0 Å². The van der Waals surface area contributed by atoms with Crippen molar-refractivity contribution in [2.45, 2.75) is 0 Å². The second kappa shape index (κ2) is 7.30. The molecule has 0 aromatic heterocycles. The molecule has 0 amide bonds. The zero-order chi connectivity index (χ0) is 15.4. The summed E-state index contributed by atoms with van der Waals surface area (Å²) in [5, 5.41) is 0. The van der Waals surface area contributed by atoms with Crippen LogP contribution in [-0.4, -0.2) is 20.2 Å². The largest absolute Gasteiger partial charge is 0.497 e. The Bertz CT molecular complexity index is 653. The Morgan fingerprint density at radius 1 is 1.00 bits per heavy atom. The van der Waals surface area contributed by atoms with Crippen LogP contribution >= 0.6 is 45.2 Å². The quantitative estimate of drug-likeness (QED) is 0.450. The minimum Gasteiger partial charge on any atom is -0.497 e. The van der Waals surface area contributed by atoms with Gasteiger partial charge < -0.3 is 14.2 Å². The molecule has 6 heteroatoms. The Morgan fingerprint density at radius 2 is 1.62 bits per heavy atom. The Balaban J connectivity index is 2.39. The van der Waals surface area contributed by atoms with Gasteiger partial charge in [-0.15, -0.1) is 0 Å². The van der Waals surface area contributed by atoms with E-state index in [-0.39, 0.29) is 0 Å². The summed E-state index contributed by atoms with van der Waals surface area (Å²) >= 11 is 4.29. The lowest BCUT2D eigenvalue weighted by Crippen LogP contribution is -2.05. The van der Waals surface area contributed by atoms with E-state index in [0.717, 1.165) is 12.9 Å². The third kappa shape index (κ3) is 4.00. The third-order valence-corrected chi connectivity index (χ3v) is 4.12. The molecule has 0 radical (unpaired) electrons. The molecule has 21 heavy (non-hydrogen) atoms. The molecule has 0 fully saturated rings. The summed E-state index contributed by atoms with van der Waals surface area (Å²) in [5.74, 6) is 1.44. The van der Waals surface area contributed by atoms with Gasteiger partial charge in [-0.1, -0.05) is 0 Å². The first-order valence-corrected chi connectivity index (χ1v) is 8.10. The molecule has 0 saturated heterocycles. The highest BCUT2D eigenvalue weighted by molar-refractivity contribution is 14.1. The van der Waals surface area contributed by atoms with Crippen LogP contribution in [0.2, 0.25) is 0 Å². The molecule has 2 aromatic rings. The fourth-order valence-corrected chi connectivity index (χ4v) is 3.64. The van der Waals surface area contributed by atoms with E-state index >= 15 is 0 Å². The smallest absolute Gasteiger partial charge is 0.341 e. The number of halogens is 2. The Kier molecular flexibility index (Phi) is 5.68. The first kappa shape index (κ1) is 16.3. The zero-order valence-electron chi connectivity index (χ0n) is 11.4. The highest BCUT2D eigenvalue weighted by Crippen LogP contribution is 2.33.